The van der Waals surface area contributed by atoms with Gasteiger partial charge in [0, 0.05) is 42.0 Å². The van der Waals surface area contributed by atoms with Crippen LogP contribution in [0, 0.1) is 11.6 Å². The second-order valence-corrected chi connectivity index (χ2v) is 7.26. The van der Waals surface area contributed by atoms with Crippen LogP contribution in [-0.2, 0) is 0 Å². The van der Waals surface area contributed by atoms with E-state index in [2.05, 4.69) is 16.0 Å². The van der Waals surface area contributed by atoms with Crippen molar-refractivity contribution in [3.63, 3.8) is 0 Å². The number of phenols is 2. The zero-order valence-electron chi connectivity index (χ0n) is 17.8. The van der Waals surface area contributed by atoms with Gasteiger partial charge in [-0.25, -0.2) is 8.78 Å². The third-order valence-electron chi connectivity index (χ3n) is 4.66. The number of carbonyl (C=O) groups excluding carboxylic acids is 3. The molecule has 0 heterocycles. The molecule has 10 heteroatoms. The lowest BCUT2D eigenvalue weighted by Crippen LogP contribution is -2.30. The average Bonchev–Trinajstić information content (AvgIpc) is 2.78. The second-order valence-electron chi connectivity index (χ2n) is 7.26. The Morgan fingerprint density at radius 2 is 1.41 bits per heavy atom. The van der Waals surface area contributed by atoms with Gasteiger partial charge in [-0.2, -0.15) is 0 Å². The van der Waals surface area contributed by atoms with Crippen molar-refractivity contribution in [3.8, 4) is 11.5 Å². The molecule has 0 spiro atoms. The minimum atomic E-state index is -0.904. The fourth-order valence-electron chi connectivity index (χ4n) is 3.03. The molecule has 5 N–H and O–H groups in total. The lowest BCUT2D eigenvalue weighted by Gasteiger charge is -2.10. The van der Waals surface area contributed by atoms with Gasteiger partial charge in [-0.3, -0.25) is 14.4 Å². The normalized spacial score (nSPS) is 10.4. The summed E-state index contributed by atoms with van der Waals surface area (Å²) in [6, 6.07) is 12.1. The maximum Gasteiger partial charge on any atom is 0.255 e. The first-order chi connectivity index (χ1) is 16.2. The number of rotatable bonds is 8. The Morgan fingerprint density at radius 1 is 0.735 bits per heavy atom. The van der Waals surface area contributed by atoms with Crippen LogP contribution in [0.25, 0.3) is 0 Å². The molecule has 0 aliphatic carbocycles. The highest BCUT2D eigenvalue weighted by Crippen LogP contribution is 2.23. The summed E-state index contributed by atoms with van der Waals surface area (Å²) in [5.41, 5.74) is 0.149. The van der Waals surface area contributed by atoms with Crippen molar-refractivity contribution in [1.29, 1.82) is 0 Å². The summed E-state index contributed by atoms with van der Waals surface area (Å²) < 4.78 is 26.6. The largest absolute Gasteiger partial charge is 0.508 e. The first kappa shape index (κ1) is 24.2. The SMILES string of the molecule is O=C(NCCCNC(=O)c1ccc(NC(=O)c2cc(F)cc(F)c2)cc1O)c1cccc(O)c1. The van der Waals surface area contributed by atoms with Gasteiger partial charge in [0.2, 0.25) is 0 Å². The molecular weight excluding hydrogens is 448 g/mol. The molecule has 0 saturated carbocycles. The van der Waals surface area contributed by atoms with Gasteiger partial charge in [0.25, 0.3) is 17.7 Å². The van der Waals surface area contributed by atoms with Gasteiger partial charge in [0.1, 0.15) is 23.1 Å². The summed E-state index contributed by atoms with van der Waals surface area (Å²) in [5, 5.41) is 27.2. The van der Waals surface area contributed by atoms with Crippen molar-refractivity contribution in [2.24, 2.45) is 0 Å². The van der Waals surface area contributed by atoms with Gasteiger partial charge < -0.3 is 26.2 Å². The smallest absolute Gasteiger partial charge is 0.255 e. The predicted molar refractivity (Wildman–Crippen MR) is 120 cm³/mol. The van der Waals surface area contributed by atoms with Crippen LogP contribution in [0.3, 0.4) is 0 Å². The van der Waals surface area contributed by atoms with Crippen molar-refractivity contribution in [2.75, 3.05) is 18.4 Å². The van der Waals surface area contributed by atoms with E-state index in [-0.39, 0.29) is 41.6 Å². The Balaban J connectivity index is 1.48. The maximum atomic E-state index is 13.3. The van der Waals surface area contributed by atoms with Crippen LogP contribution in [0.1, 0.15) is 37.5 Å². The number of hydrogen-bond donors (Lipinski definition) is 5. The lowest BCUT2D eigenvalue weighted by molar-refractivity contribution is 0.0948. The predicted octanol–water partition coefficient (Wildman–Crippen LogP) is 3.18. The Labute approximate surface area is 193 Å². The first-order valence-corrected chi connectivity index (χ1v) is 10.2. The summed E-state index contributed by atoms with van der Waals surface area (Å²) in [6.45, 7) is 0.481. The van der Waals surface area contributed by atoms with Gasteiger partial charge in [-0.1, -0.05) is 6.07 Å². The molecule has 34 heavy (non-hydrogen) atoms. The molecule has 0 aliphatic rings. The Bertz CT molecular complexity index is 1210. The van der Waals surface area contributed by atoms with Gasteiger partial charge in [0.15, 0.2) is 0 Å². The van der Waals surface area contributed by atoms with E-state index in [0.29, 0.717) is 18.1 Å². The molecule has 3 amide bonds. The van der Waals surface area contributed by atoms with Crippen molar-refractivity contribution in [2.45, 2.75) is 6.42 Å². The highest BCUT2D eigenvalue weighted by molar-refractivity contribution is 6.05. The third-order valence-corrected chi connectivity index (χ3v) is 4.66. The summed E-state index contributed by atoms with van der Waals surface area (Å²) in [6.07, 6.45) is 0.412. The van der Waals surface area contributed by atoms with Gasteiger partial charge in [-0.05, 0) is 48.9 Å². The molecule has 0 atom stereocenters. The molecular formula is C24H21F2N3O5. The van der Waals surface area contributed by atoms with Crippen LogP contribution >= 0.6 is 0 Å². The molecule has 0 fully saturated rings. The Morgan fingerprint density at radius 3 is 2.06 bits per heavy atom. The zero-order valence-corrected chi connectivity index (χ0v) is 17.8. The number of carbonyl (C=O) groups is 3. The minimum absolute atomic E-state index is 0.0202. The quantitative estimate of drug-likeness (QED) is 0.324. The number of anilines is 1. The number of benzene rings is 3. The molecule has 8 nitrogen and oxygen atoms in total. The van der Waals surface area contributed by atoms with E-state index in [1.54, 1.807) is 12.1 Å². The van der Waals surface area contributed by atoms with E-state index in [4.69, 9.17) is 0 Å². The van der Waals surface area contributed by atoms with Crippen molar-refractivity contribution >= 4 is 23.4 Å². The molecule has 0 radical (unpaired) electrons. The molecule has 176 valence electrons. The Kier molecular flexibility index (Phi) is 7.75. The fourth-order valence-corrected chi connectivity index (χ4v) is 3.03. The van der Waals surface area contributed by atoms with E-state index in [9.17, 15) is 33.4 Å². The number of hydrogen-bond acceptors (Lipinski definition) is 5. The van der Waals surface area contributed by atoms with Crippen molar-refractivity contribution in [1.82, 2.24) is 10.6 Å². The van der Waals surface area contributed by atoms with E-state index in [1.165, 1.54) is 24.3 Å². The molecule has 0 saturated heterocycles. The van der Waals surface area contributed by atoms with Crippen molar-refractivity contribution < 1.29 is 33.4 Å². The van der Waals surface area contributed by atoms with Crippen LogP contribution in [-0.4, -0.2) is 41.0 Å². The number of halogens is 2. The lowest BCUT2D eigenvalue weighted by atomic mass is 10.1. The van der Waals surface area contributed by atoms with E-state index < -0.39 is 29.2 Å². The van der Waals surface area contributed by atoms with Gasteiger partial charge >= 0.3 is 0 Å². The topological polar surface area (TPSA) is 128 Å². The van der Waals surface area contributed by atoms with Gasteiger partial charge in [-0.15, -0.1) is 0 Å². The number of aromatic hydroxyl groups is 2. The van der Waals surface area contributed by atoms with Crippen LogP contribution in [0.15, 0.2) is 60.7 Å². The summed E-state index contributed by atoms with van der Waals surface area (Å²) >= 11 is 0. The molecule has 3 aromatic carbocycles. The zero-order chi connectivity index (χ0) is 24.7. The fraction of sp³-hybridized carbons (Fsp3) is 0.125. The van der Waals surface area contributed by atoms with Crippen LogP contribution in [0.2, 0.25) is 0 Å². The minimum Gasteiger partial charge on any atom is -0.508 e. The summed E-state index contributed by atoms with van der Waals surface area (Å²) in [4.78, 5) is 36.4. The Hall–Kier alpha value is -4.47. The number of nitrogens with one attached hydrogen (secondary N) is 3. The van der Waals surface area contributed by atoms with E-state index in [0.717, 1.165) is 18.2 Å². The third kappa shape index (κ3) is 6.52. The second kappa shape index (κ2) is 10.9. The maximum absolute atomic E-state index is 13.3. The summed E-state index contributed by atoms with van der Waals surface area (Å²) in [7, 11) is 0. The van der Waals surface area contributed by atoms with Gasteiger partial charge in [0.05, 0.1) is 5.56 Å². The number of amides is 3. The molecule has 0 aromatic heterocycles. The molecule has 3 aromatic rings. The number of phenolic OH excluding ortho intramolecular Hbond substituents is 2. The van der Waals surface area contributed by atoms with Crippen LogP contribution in [0.5, 0.6) is 11.5 Å². The average molecular weight is 469 g/mol. The highest BCUT2D eigenvalue weighted by atomic mass is 19.1. The highest BCUT2D eigenvalue weighted by Gasteiger charge is 2.14. The van der Waals surface area contributed by atoms with Crippen LogP contribution in [0.4, 0.5) is 14.5 Å². The van der Waals surface area contributed by atoms with Crippen LogP contribution < -0.4 is 16.0 Å². The molecule has 0 aliphatic heterocycles. The monoisotopic (exact) mass is 469 g/mol. The summed E-state index contributed by atoms with van der Waals surface area (Å²) in [5.74, 6) is -3.95. The van der Waals surface area contributed by atoms with E-state index >= 15 is 0 Å². The first-order valence-electron chi connectivity index (χ1n) is 10.2. The van der Waals surface area contributed by atoms with E-state index in [1.807, 2.05) is 0 Å². The standard InChI is InChI=1S/C24H21F2N3O5/c25-16-9-15(10-17(26)12-16)23(33)29-18-5-6-20(21(31)13-18)24(34)28-8-2-7-27-22(32)14-3-1-4-19(30)11-14/h1,3-6,9-13,30-31H,2,7-8H2,(H,27,32)(H,28,34)(H,29,33). The van der Waals surface area contributed by atoms with Crippen molar-refractivity contribution in [3.05, 3.63) is 89.0 Å². The molecule has 0 bridgehead atoms. The molecule has 0 unspecified atom stereocenters. The molecule has 3 rings (SSSR count).